The van der Waals surface area contributed by atoms with E-state index in [-0.39, 0.29) is 23.6 Å². The molecule has 1 saturated carbocycles. The normalized spacial score (nSPS) is 18.1. The topological polar surface area (TPSA) is 91.4 Å². The van der Waals surface area contributed by atoms with Crippen molar-refractivity contribution in [3.8, 4) is 5.75 Å². The van der Waals surface area contributed by atoms with Crippen LogP contribution in [-0.4, -0.2) is 87.1 Å². The van der Waals surface area contributed by atoms with Crippen molar-refractivity contribution < 1.29 is 23.9 Å². The minimum atomic E-state index is -0.0624. The molecule has 0 atom stereocenters. The van der Waals surface area contributed by atoms with Gasteiger partial charge in [0.25, 0.3) is 11.8 Å². The van der Waals surface area contributed by atoms with E-state index in [1.165, 1.54) is 0 Å². The summed E-state index contributed by atoms with van der Waals surface area (Å²) < 4.78 is 10.6. The monoisotopic (exact) mass is 492 g/mol. The molecule has 1 N–H and O–H groups in total. The predicted molar refractivity (Wildman–Crippen MR) is 136 cm³/mol. The molecule has 2 aromatic rings. The van der Waals surface area contributed by atoms with Gasteiger partial charge < -0.3 is 29.5 Å². The molecule has 0 aromatic heterocycles. The fourth-order valence-corrected chi connectivity index (χ4v) is 4.65. The number of methoxy groups -OCH3 is 1. The Balaban J connectivity index is 1.31. The Morgan fingerprint density at radius 2 is 1.53 bits per heavy atom. The molecule has 1 aliphatic carbocycles. The van der Waals surface area contributed by atoms with Gasteiger partial charge in [-0.05, 0) is 55.3 Å². The second-order valence-electron chi connectivity index (χ2n) is 9.41. The van der Waals surface area contributed by atoms with Crippen LogP contribution in [0.4, 0.5) is 11.4 Å². The average Bonchev–Trinajstić information content (AvgIpc) is 3.79. The van der Waals surface area contributed by atoms with Crippen LogP contribution in [0.1, 0.15) is 33.6 Å². The Bertz CT molecular complexity index is 1120. The number of carbonyl (C=O) groups excluding carboxylic acids is 3. The summed E-state index contributed by atoms with van der Waals surface area (Å²) in [4.78, 5) is 44.6. The summed E-state index contributed by atoms with van der Waals surface area (Å²) in [7, 11) is 1.60. The summed E-state index contributed by atoms with van der Waals surface area (Å²) in [5.41, 5.74) is 2.66. The SMILES string of the molecule is COc1ccc(C(=O)N2CCN(c3ccc(NC(=O)C4CC4)cc3C(=O)N3CCOCC3)CC2)cc1. The molecule has 3 aliphatic rings. The van der Waals surface area contributed by atoms with Crippen molar-refractivity contribution in [1.29, 1.82) is 0 Å². The molecule has 0 unspecified atom stereocenters. The van der Waals surface area contributed by atoms with Crippen LogP contribution in [0.25, 0.3) is 0 Å². The number of amides is 3. The smallest absolute Gasteiger partial charge is 0.256 e. The van der Waals surface area contributed by atoms with E-state index < -0.39 is 0 Å². The van der Waals surface area contributed by atoms with E-state index in [9.17, 15) is 14.4 Å². The highest BCUT2D eigenvalue weighted by atomic mass is 16.5. The highest BCUT2D eigenvalue weighted by Gasteiger charge is 2.31. The van der Waals surface area contributed by atoms with Crippen molar-refractivity contribution in [2.24, 2.45) is 5.92 Å². The highest BCUT2D eigenvalue weighted by Crippen LogP contribution is 2.32. The van der Waals surface area contributed by atoms with Crippen LogP contribution < -0.4 is 15.0 Å². The largest absolute Gasteiger partial charge is 0.497 e. The molecule has 2 saturated heterocycles. The standard InChI is InChI=1S/C27H32N4O5/c1-35-22-7-4-20(5-8-22)26(33)30-12-10-29(11-13-30)24-9-6-21(28-25(32)19-2-3-19)18-23(24)27(34)31-14-16-36-17-15-31/h4-9,18-19H,2-3,10-17H2,1H3,(H,28,32). The first-order chi connectivity index (χ1) is 17.5. The fourth-order valence-electron chi connectivity index (χ4n) is 4.65. The number of rotatable bonds is 6. The molecule has 2 aliphatic heterocycles. The Labute approximate surface area is 210 Å². The maximum Gasteiger partial charge on any atom is 0.256 e. The van der Waals surface area contributed by atoms with E-state index in [0.29, 0.717) is 75.0 Å². The number of benzene rings is 2. The quantitative estimate of drug-likeness (QED) is 0.666. The van der Waals surface area contributed by atoms with Gasteiger partial charge in [-0.1, -0.05) is 0 Å². The number of nitrogens with one attached hydrogen (secondary N) is 1. The van der Waals surface area contributed by atoms with Crippen molar-refractivity contribution in [2.45, 2.75) is 12.8 Å². The average molecular weight is 493 g/mol. The minimum Gasteiger partial charge on any atom is -0.497 e. The Morgan fingerprint density at radius 3 is 2.17 bits per heavy atom. The van der Waals surface area contributed by atoms with Crippen molar-refractivity contribution in [3.63, 3.8) is 0 Å². The van der Waals surface area contributed by atoms with E-state index in [4.69, 9.17) is 9.47 Å². The van der Waals surface area contributed by atoms with E-state index in [2.05, 4.69) is 10.2 Å². The molecular weight excluding hydrogens is 460 g/mol. The van der Waals surface area contributed by atoms with Gasteiger partial charge in [0.1, 0.15) is 5.75 Å². The highest BCUT2D eigenvalue weighted by molar-refractivity contribution is 6.02. The number of carbonyl (C=O) groups is 3. The van der Waals surface area contributed by atoms with Gasteiger partial charge in [-0.25, -0.2) is 0 Å². The van der Waals surface area contributed by atoms with Crippen LogP contribution in [0.2, 0.25) is 0 Å². The third-order valence-electron chi connectivity index (χ3n) is 6.99. The summed E-state index contributed by atoms with van der Waals surface area (Å²) in [5, 5.41) is 2.97. The van der Waals surface area contributed by atoms with Crippen LogP contribution in [0.15, 0.2) is 42.5 Å². The molecule has 36 heavy (non-hydrogen) atoms. The van der Waals surface area contributed by atoms with Gasteiger partial charge in [0, 0.05) is 62.1 Å². The predicted octanol–water partition coefficient (Wildman–Crippen LogP) is 2.48. The molecule has 5 rings (SSSR count). The number of nitrogens with zero attached hydrogens (tertiary/aromatic N) is 3. The van der Waals surface area contributed by atoms with E-state index in [1.54, 1.807) is 42.3 Å². The number of ether oxygens (including phenoxy) is 2. The first-order valence-corrected chi connectivity index (χ1v) is 12.5. The molecule has 190 valence electrons. The Morgan fingerprint density at radius 1 is 0.861 bits per heavy atom. The van der Waals surface area contributed by atoms with Gasteiger partial charge in [0.2, 0.25) is 5.91 Å². The number of piperazine rings is 1. The van der Waals surface area contributed by atoms with Crippen LogP contribution in [0, 0.1) is 5.92 Å². The molecule has 9 heteroatoms. The van der Waals surface area contributed by atoms with E-state index in [1.807, 2.05) is 17.0 Å². The summed E-state index contributed by atoms with van der Waals surface area (Å²) in [6.07, 6.45) is 1.84. The van der Waals surface area contributed by atoms with Gasteiger partial charge in [0.15, 0.2) is 0 Å². The van der Waals surface area contributed by atoms with Gasteiger partial charge >= 0.3 is 0 Å². The maximum atomic E-state index is 13.5. The maximum absolute atomic E-state index is 13.5. The lowest BCUT2D eigenvalue weighted by Gasteiger charge is -2.37. The lowest BCUT2D eigenvalue weighted by atomic mass is 10.1. The van der Waals surface area contributed by atoms with E-state index in [0.717, 1.165) is 18.5 Å². The Hall–Kier alpha value is -3.59. The molecule has 0 radical (unpaired) electrons. The molecule has 9 nitrogen and oxygen atoms in total. The first kappa shape index (κ1) is 24.1. The van der Waals surface area contributed by atoms with Crippen LogP contribution in [0.5, 0.6) is 5.75 Å². The zero-order valence-corrected chi connectivity index (χ0v) is 20.6. The zero-order chi connectivity index (χ0) is 25.1. The fraction of sp³-hybridized carbons (Fsp3) is 0.444. The first-order valence-electron chi connectivity index (χ1n) is 12.5. The molecule has 3 amide bonds. The van der Waals surface area contributed by atoms with Gasteiger partial charge in [-0.3, -0.25) is 14.4 Å². The van der Waals surface area contributed by atoms with Gasteiger partial charge in [-0.15, -0.1) is 0 Å². The van der Waals surface area contributed by atoms with Crippen LogP contribution in [0.3, 0.4) is 0 Å². The third-order valence-corrected chi connectivity index (χ3v) is 6.99. The zero-order valence-electron chi connectivity index (χ0n) is 20.6. The summed E-state index contributed by atoms with van der Waals surface area (Å²) in [6.45, 7) is 4.45. The van der Waals surface area contributed by atoms with Crippen molar-refractivity contribution >= 4 is 29.1 Å². The van der Waals surface area contributed by atoms with Crippen molar-refractivity contribution in [3.05, 3.63) is 53.6 Å². The molecule has 2 aromatic carbocycles. The molecule has 2 heterocycles. The molecular formula is C27H32N4O5. The third kappa shape index (κ3) is 5.31. The second-order valence-corrected chi connectivity index (χ2v) is 9.41. The van der Waals surface area contributed by atoms with E-state index >= 15 is 0 Å². The molecule has 0 spiro atoms. The van der Waals surface area contributed by atoms with Gasteiger partial charge in [0.05, 0.1) is 25.9 Å². The summed E-state index contributed by atoms with van der Waals surface area (Å²) >= 11 is 0. The molecule has 0 bridgehead atoms. The van der Waals surface area contributed by atoms with Crippen LogP contribution in [-0.2, 0) is 9.53 Å². The number of morpholine rings is 1. The van der Waals surface area contributed by atoms with Crippen molar-refractivity contribution in [2.75, 3.05) is 69.8 Å². The lowest BCUT2D eigenvalue weighted by molar-refractivity contribution is -0.117. The van der Waals surface area contributed by atoms with Crippen LogP contribution >= 0.6 is 0 Å². The number of anilines is 2. The lowest BCUT2D eigenvalue weighted by Crippen LogP contribution is -2.49. The number of hydrogen-bond donors (Lipinski definition) is 1. The van der Waals surface area contributed by atoms with Gasteiger partial charge in [-0.2, -0.15) is 0 Å². The number of hydrogen-bond acceptors (Lipinski definition) is 6. The van der Waals surface area contributed by atoms with Crippen molar-refractivity contribution in [1.82, 2.24) is 9.80 Å². The Kier molecular flexibility index (Phi) is 7.09. The second kappa shape index (κ2) is 10.6. The summed E-state index contributed by atoms with van der Waals surface area (Å²) in [5.74, 6) is 0.732. The minimum absolute atomic E-state index is 0.0122. The summed E-state index contributed by atoms with van der Waals surface area (Å²) in [6, 6.07) is 12.7. The molecule has 3 fully saturated rings.